The maximum absolute atomic E-state index is 12.2. The van der Waals surface area contributed by atoms with Crippen molar-refractivity contribution in [1.29, 1.82) is 0 Å². The van der Waals surface area contributed by atoms with Crippen molar-refractivity contribution < 1.29 is 9.59 Å². The van der Waals surface area contributed by atoms with Crippen molar-refractivity contribution in [2.75, 3.05) is 13.1 Å². The predicted octanol–water partition coefficient (Wildman–Crippen LogP) is 1.73. The Hall–Kier alpha value is -0.900. The van der Waals surface area contributed by atoms with Gasteiger partial charge in [0, 0.05) is 19.1 Å². The molecule has 1 aliphatic rings. The summed E-state index contributed by atoms with van der Waals surface area (Å²) < 4.78 is 0. The highest BCUT2D eigenvalue weighted by atomic mass is 16.2. The molecule has 1 rings (SSSR count). The zero-order valence-corrected chi connectivity index (χ0v) is 11.9. The molecule has 0 aromatic carbocycles. The normalized spacial score (nSPS) is 18.7. The van der Waals surface area contributed by atoms with Crippen LogP contribution in [0.15, 0.2) is 0 Å². The van der Waals surface area contributed by atoms with Crippen LogP contribution < -0.4 is 5.32 Å². The zero-order chi connectivity index (χ0) is 13.5. The molecule has 0 spiro atoms. The summed E-state index contributed by atoms with van der Waals surface area (Å²) in [6.07, 6.45) is 4.66. The minimum absolute atomic E-state index is 0.251. The van der Waals surface area contributed by atoms with Crippen LogP contribution in [0.25, 0.3) is 0 Å². The molecule has 0 bridgehead atoms. The summed E-state index contributed by atoms with van der Waals surface area (Å²) in [5.74, 6) is -0.541. The number of nitrogens with zero attached hydrogens (tertiary/aromatic N) is 1. The lowest BCUT2D eigenvalue weighted by atomic mass is 10.0. The van der Waals surface area contributed by atoms with Gasteiger partial charge in [-0.25, -0.2) is 0 Å². The third-order valence-corrected chi connectivity index (χ3v) is 3.60. The summed E-state index contributed by atoms with van der Waals surface area (Å²) in [5.41, 5.74) is 0. The van der Waals surface area contributed by atoms with Crippen LogP contribution in [-0.2, 0) is 9.59 Å². The van der Waals surface area contributed by atoms with Crippen LogP contribution in [-0.4, -0.2) is 41.8 Å². The van der Waals surface area contributed by atoms with Gasteiger partial charge >= 0.3 is 0 Å². The molecule has 1 amide bonds. The minimum Gasteiger partial charge on any atom is -0.336 e. The smallest absolute Gasteiger partial charge is 0.291 e. The Morgan fingerprint density at radius 3 is 2.33 bits per heavy atom. The molecule has 0 aliphatic carbocycles. The highest BCUT2D eigenvalue weighted by Gasteiger charge is 2.30. The lowest BCUT2D eigenvalue weighted by Crippen LogP contribution is -2.48. The number of Topliss-reactive ketones (excluding diaryl/α,β-unsaturated/α-hetero) is 1. The van der Waals surface area contributed by atoms with Crippen LogP contribution in [0.5, 0.6) is 0 Å². The molecule has 4 nitrogen and oxygen atoms in total. The Balaban J connectivity index is 2.59. The van der Waals surface area contributed by atoms with Crippen LogP contribution >= 0.6 is 0 Å². The van der Waals surface area contributed by atoms with Gasteiger partial charge in [0.15, 0.2) is 0 Å². The van der Waals surface area contributed by atoms with E-state index in [4.69, 9.17) is 0 Å². The van der Waals surface area contributed by atoms with Gasteiger partial charge in [0.25, 0.3) is 5.91 Å². The number of nitrogens with one attached hydrogen (secondary N) is 1. The maximum Gasteiger partial charge on any atom is 0.291 e. The monoisotopic (exact) mass is 254 g/mol. The standard InChI is InChI=1S/C14H26N2O2/c1-4-8-12(15-11(3)5-2)13(17)14(18)16-9-6-7-10-16/h11-12,15H,4-10H2,1-3H3. The molecule has 2 atom stereocenters. The van der Waals surface area contributed by atoms with Gasteiger partial charge in [-0.1, -0.05) is 20.3 Å². The Morgan fingerprint density at radius 1 is 1.22 bits per heavy atom. The number of likely N-dealkylation sites (tertiary alicyclic amines) is 1. The largest absolute Gasteiger partial charge is 0.336 e. The maximum atomic E-state index is 12.2. The second kappa shape index (κ2) is 7.52. The number of ketones is 1. The molecule has 1 fully saturated rings. The van der Waals surface area contributed by atoms with Crippen molar-refractivity contribution in [2.24, 2.45) is 0 Å². The van der Waals surface area contributed by atoms with E-state index in [1.54, 1.807) is 4.90 Å². The minimum atomic E-state index is -0.307. The second-order valence-corrected chi connectivity index (χ2v) is 5.18. The van der Waals surface area contributed by atoms with Crippen molar-refractivity contribution in [3.05, 3.63) is 0 Å². The van der Waals surface area contributed by atoms with E-state index >= 15 is 0 Å². The summed E-state index contributed by atoms with van der Waals surface area (Å²) in [7, 11) is 0. The average molecular weight is 254 g/mol. The van der Waals surface area contributed by atoms with Crippen molar-refractivity contribution >= 4 is 11.7 Å². The first-order valence-corrected chi connectivity index (χ1v) is 7.19. The summed E-state index contributed by atoms with van der Waals surface area (Å²) in [5, 5.41) is 3.27. The number of rotatable bonds is 7. The first-order chi connectivity index (χ1) is 8.60. The van der Waals surface area contributed by atoms with E-state index in [1.165, 1.54) is 0 Å². The molecule has 0 aromatic rings. The summed E-state index contributed by atoms with van der Waals surface area (Å²) in [4.78, 5) is 26.0. The molecule has 1 saturated heterocycles. The van der Waals surface area contributed by atoms with Crippen LogP contribution in [0.1, 0.15) is 52.9 Å². The molecule has 18 heavy (non-hydrogen) atoms. The number of amides is 1. The van der Waals surface area contributed by atoms with E-state index in [1.807, 2.05) is 6.92 Å². The van der Waals surface area contributed by atoms with E-state index in [-0.39, 0.29) is 23.8 Å². The van der Waals surface area contributed by atoms with Gasteiger partial charge < -0.3 is 10.2 Å². The first-order valence-electron chi connectivity index (χ1n) is 7.19. The molecule has 104 valence electrons. The number of carbonyl (C=O) groups is 2. The highest BCUT2D eigenvalue weighted by Crippen LogP contribution is 2.10. The van der Waals surface area contributed by atoms with Gasteiger partial charge in [0.2, 0.25) is 5.78 Å². The molecule has 2 unspecified atom stereocenters. The highest BCUT2D eigenvalue weighted by molar-refractivity contribution is 6.38. The molecular formula is C14H26N2O2. The number of hydrogen-bond acceptors (Lipinski definition) is 3. The molecule has 0 aromatic heterocycles. The van der Waals surface area contributed by atoms with Crippen LogP contribution in [0.2, 0.25) is 0 Å². The third kappa shape index (κ3) is 4.09. The average Bonchev–Trinajstić information content (AvgIpc) is 2.90. The molecule has 4 heteroatoms. The van der Waals surface area contributed by atoms with Gasteiger partial charge in [-0.2, -0.15) is 0 Å². The van der Waals surface area contributed by atoms with Gasteiger partial charge in [0.05, 0.1) is 6.04 Å². The Morgan fingerprint density at radius 2 is 1.83 bits per heavy atom. The van der Waals surface area contributed by atoms with Crippen molar-refractivity contribution in [2.45, 2.75) is 65.0 Å². The molecule has 1 N–H and O–H groups in total. The Labute approximate surface area is 110 Å². The fraction of sp³-hybridized carbons (Fsp3) is 0.857. The van der Waals surface area contributed by atoms with E-state index in [9.17, 15) is 9.59 Å². The van der Waals surface area contributed by atoms with Crippen LogP contribution in [0.4, 0.5) is 0 Å². The fourth-order valence-corrected chi connectivity index (χ4v) is 2.27. The summed E-state index contributed by atoms with van der Waals surface area (Å²) in [6, 6.07) is -0.0325. The summed E-state index contributed by atoms with van der Waals surface area (Å²) >= 11 is 0. The molecule has 0 radical (unpaired) electrons. The number of hydrogen-bond donors (Lipinski definition) is 1. The van der Waals surface area contributed by atoms with Gasteiger partial charge in [-0.05, 0) is 32.6 Å². The van der Waals surface area contributed by atoms with E-state index in [0.717, 1.165) is 45.2 Å². The predicted molar refractivity (Wildman–Crippen MR) is 72.4 cm³/mol. The fourth-order valence-electron chi connectivity index (χ4n) is 2.27. The van der Waals surface area contributed by atoms with Gasteiger partial charge in [0.1, 0.15) is 0 Å². The SMILES string of the molecule is CCCC(NC(C)CC)C(=O)C(=O)N1CCCC1. The van der Waals surface area contributed by atoms with Crippen LogP contribution in [0.3, 0.4) is 0 Å². The Bertz CT molecular complexity index is 286. The van der Waals surface area contributed by atoms with Crippen molar-refractivity contribution in [1.82, 2.24) is 10.2 Å². The molecular weight excluding hydrogens is 228 g/mol. The topological polar surface area (TPSA) is 49.4 Å². The van der Waals surface area contributed by atoms with Gasteiger partial charge in [-0.3, -0.25) is 9.59 Å². The van der Waals surface area contributed by atoms with Crippen LogP contribution in [0, 0.1) is 0 Å². The van der Waals surface area contributed by atoms with Crippen molar-refractivity contribution in [3.8, 4) is 0 Å². The third-order valence-electron chi connectivity index (χ3n) is 3.60. The first kappa shape index (κ1) is 15.2. The van der Waals surface area contributed by atoms with E-state index in [0.29, 0.717) is 0 Å². The van der Waals surface area contributed by atoms with Crippen molar-refractivity contribution in [3.63, 3.8) is 0 Å². The Kier molecular flexibility index (Phi) is 6.33. The quantitative estimate of drug-likeness (QED) is 0.704. The molecule has 0 saturated carbocycles. The summed E-state index contributed by atoms with van der Waals surface area (Å²) in [6.45, 7) is 7.65. The lowest BCUT2D eigenvalue weighted by Gasteiger charge is -2.23. The lowest BCUT2D eigenvalue weighted by molar-refractivity contribution is -0.145. The molecule has 1 aliphatic heterocycles. The second-order valence-electron chi connectivity index (χ2n) is 5.18. The van der Waals surface area contributed by atoms with E-state index in [2.05, 4.69) is 19.2 Å². The van der Waals surface area contributed by atoms with E-state index < -0.39 is 0 Å². The zero-order valence-electron chi connectivity index (χ0n) is 11.9. The van der Waals surface area contributed by atoms with Gasteiger partial charge in [-0.15, -0.1) is 0 Å². The number of carbonyl (C=O) groups excluding carboxylic acids is 2. The molecule has 1 heterocycles.